The molecule has 2 aromatic heterocycles. The van der Waals surface area contributed by atoms with Gasteiger partial charge in [0.15, 0.2) is 0 Å². The van der Waals surface area contributed by atoms with E-state index < -0.39 is 0 Å². The molecule has 1 saturated heterocycles. The van der Waals surface area contributed by atoms with Gasteiger partial charge in [-0.2, -0.15) is 20.1 Å². The molecular weight excluding hydrogens is 369 g/mol. The van der Waals surface area contributed by atoms with E-state index in [2.05, 4.69) is 52.9 Å². The zero-order valence-corrected chi connectivity index (χ0v) is 13.4. The van der Waals surface area contributed by atoms with Crippen molar-refractivity contribution in [3.8, 4) is 5.95 Å². The van der Waals surface area contributed by atoms with Crippen LogP contribution in [0.5, 0.6) is 0 Å². The fraction of sp³-hybridized carbons (Fsp3) is 0.500. The van der Waals surface area contributed by atoms with Gasteiger partial charge in [-0.1, -0.05) is 0 Å². The summed E-state index contributed by atoms with van der Waals surface area (Å²) in [4.78, 5) is 15.6. The van der Waals surface area contributed by atoms with Gasteiger partial charge in [-0.3, -0.25) is 0 Å². The van der Waals surface area contributed by atoms with Crippen LogP contribution in [0.2, 0.25) is 0 Å². The van der Waals surface area contributed by atoms with E-state index in [4.69, 9.17) is 0 Å². The number of hydrogen-bond donors (Lipinski definition) is 1. The van der Waals surface area contributed by atoms with Crippen LogP contribution in [0, 0.1) is 3.57 Å². The Morgan fingerprint density at radius 1 is 1.20 bits per heavy atom. The second-order valence-electron chi connectivity index (χ2n) is 4.59. The highest BCUT2D eigenvalue weighted by Gasteiger charge is 2.18. The van der Waals surface area contributed by atoms with E-state index in [0.717, 1.165) is 29.2 Å². The average Bonchev–Trinajstić information content (AvgIpc) is 3.09. The second-order valence-corrected chi connectivity index (χ2v) is 5.83. The summed E-state index contributed by atoms with van der Waals surface area (Å²) in [6.07, 6.45) is 6.07. The second kappa shape index (κ2) is 5.90. The van der Waals surface area contributed by atoms with Crippen molar-refractivity contribution in [3.63, 3.8) is 0 Å². The van der Waals surface area contributed by atoms with Crippen molar-refractivity contribution < 1.29 is 0 Å². The number of nitrogens with zero attached hydrogens (tertiary/aromatic N) is 6. The lowest BCUT2D eigenvalue weighted by atomic mass is 10.4. The Hall–Kier alpha value is -1.45. The molecular formula is C12H16IN7. The lowest BCUT2D eigenvalue weighted by molar-refractivity contribution is 0.778. The van der Waals surface area contributed by atoms with E-state index in [-0.39, 0.29) is 0 Å². The number of hydrogen-bond acceptors (Lipinski definition) is 6. The van der Waals surface area contributed by atoms with E-state index in [1.54, 1.807) is 10.9 Å². The van der Waals surface area contributed by atoms with Crippen LogP contribution in [-0.4, -0.2) is 44.4 Å². The molecule has 0 amide bonds. The molecule has 0 spiro atoms. The first-order chi connectivity index (χ1) is 9.76. The van der Waals surface area contributed by atoms with E-state index in [9.17, 15) is 0 Å². The molecule has 3 rings (SSSR count). The quantitative estimate of drug-likeness (QED) is 0.808. The highest BCUT2D eigenvalue weighted by Crippen LogP contribution is 2.18. The molecule has 0 atom stereocenters. The van der Waals surface area contributed by atoms with Gasteiger partial charge in [0.1, 0.15) is 0 Å². The van der Waals surface area contributed by atoms with Crippen molar-refractivity contribution in [2.75, 3.05) is 29.9 Å². The van der Waals surface area contributed by atoms with Gasteiger partial charge in [0.25, 0.3) is 5.95 Å². The Labute approximate surface area is 131 Å². The molecule has 7 nitrogen and oxygen atoms in total. The van der Waals surface area contributed by atoms with Gasteiger partial charge in [0.05, 0.1) is 9.77 Å². The molecule has 0 aromatic carbocycles. The highest BCUT2D eigenvalue weighted by atomic mass is 127. The molecule has 0 aliphatic carbocycles. The molecule has 1 fully saturated rings. The number of halogens is 1. The monoisotopic (exact) mass is 385 g/mol. The Balaban J connectivity index is 1.99. The lowest BCUT2D eigenvalue weighted by Crippen LogP contribution is -2.22. The fourth-order valence-corrected chi connectivity index (χ4v) is 2.55. The van der Waals surface area contributed by atoms with Crippen molar-refractivity contribution in [2.24, 2.45) is 0 Å². The van der Waals surface area contributed by atoms with Gasteiger partial charge < -0.3 is 10.2 Å². The van der Waals surface area contributed by atoms with Crippen LogP contribution in [0.1, 0.15) is 19.8 Å². The summed E-state index contributed by atoms with van der Waals surface area (Å²) >= 11 is 2.22. The topological polar surface area (TPSA) is 71.8 Å². The maximum atomic E-state index is 4.54. The molecule has 0 unspecified atom stereocenters. The predicted octanol–water partition coefficient (Wildman–Crippen LogP) is 1.69. The first-order valence-electron chi connectivity index (χ1n) is 6.71. The molecule has 0 bridgehead atoms. The molecule has 106 valence electrons. The SMILES string of the molecule is CCNc1nc(N2CCCC2)nc(-n2cc(I)cn2)n1. The maximum Gasteiger partial charge on any atom is 0.257 e. The van der Waals surface area contributed by atoms with Crippen LogP contribution in [0.4, 0.5) is 11.9 Å². The zero-order chi connectivity index (χ0) is 13.9. The van der Waals surface area contributed by atoms with E-state index >= 15 is 0 Å². The molecule has 2 aromatic rings. The van der Waals surface area contributed by atoms with E-state index in [1.807, 2.05) is 13.1 Å². The van der Waals surface area contributed by atoms with Crippen molar-refractivity contribution in [2.45, 2.75) is 19.8 Å². The van der Waals surface area contributed by atoms with Crippen LogP contribution >= 0.6 is 22.6 Å². The predicted molar refractivity (Wildman–Crippen MR) is 85.3 cm³/mol. The number of nitrogens with one attached hydrogen (secondary N) is 1. The average molecular weight is 385 g/mol. The summed E-state index contributed by atoms with van der Waals surface area (Å²) in [5.41, 5.74) is 0. The van der Waals surface area contributed by atoms with Crippen LogP contribution in [0.15, 0.2) is 12.4 Å². The third-order valence-corrected chi connectivity index (χ3v) is 3.65. The first kappa shape index (κ1) is 13.5. The largest absolute Gasteiger partial charge is 0.354 e. The molecule has 0 radical (unpaired) electrons. The van der Waals surface area contributed by atoms with Gasteiger partial charge in [-0.15, -0.1) is 0 Å². The molecule has 1 N–H and O–H groups in total. The normalized spacial score (nSPS) is 14.8. The summed E-state index contributed by atoms with van der Waals surface area (Å²) in [7, 11) is 0. The van der Waals surface area contributed by atoms with E-state index in [0.29, 0.717) is 11.9 Å². The minimum absolute atomic E-state index is 0.556. The third-order valence-electron chi connectivity index (χ3n) is 3.09. The van der Waals surface area contributed by atoms with Crippen molar-refractivity contribution in [3.05, 3.63) is 16.0 Å². The minimum atomic E-state index is 0.556. The van der Waals surface area contributed by atoms with Crippen molar-refractivity contribution in [1.29, 1.82) is 0 Å². The molecule has 1 aliphatic heterocycles. The Kier molecular flexibility index (Phi) is 3.99. The standard InChI is InChI=1S/C12H16IN7/c1-2-14-10-16-11(19-5-3-4-6-19)18-12(17-10)20-8-9(13)7-15-20/h7-8H,2-6H2,1H3,(H,14,16,17,18). The molecule has 0 saturated carbocycles. The van der Waals surface area contributed by atoms with Crippen LogP contribution < -0.4 is 10.2 Å². The summed E-state index contributed by atoms with van der Waals surface area (Å²) in [6, 6.07) is 0. The van der Waals surface area contributed by atoms with E-state index in [1.165, 1.54) is 12.8 Å². The van der Waals surface area contributed by atoms with Crippen LogP contribution in [-0.2, 0) is 0 Å². The highest BCUT2D eigenvalue weighted by molar-refractivity contribution is 14.1. The number of anilines is 2. The van der Waals surface area contributed by atoms with Gasteiger partial charge >= 0.3 is 0 Å². The summed E-state index contributed by atoms with van der Waals surface area (Å²) in [6.45, 7) is 4.81. The zero-order valence-electron chi connectivity index (χ0n) is 11.3. The number of rotatable bonds is 4. The fourth-order valence-electron chi connectivity index (χ4n) is 2.16. The maximum absolute atomic E-state index is 4.54. The van der Waals surface area contributed by atoms with Gasteiger partial charge in [0.2, 0.25) is 11.9 Å². The summed E-state index contributed by atoms with van der Waals surface area (Å²) < 4.78 is 2.74. The van der Waals surface area contributed by atoms with Gasteiger partial charge in [-0.05, 0) is 42.4 Å². The first-order valence-corrected chi connectivity index (χ1v) is 7.79. The van der Waals surface area contributed by atoms with Crippen molar-refractivity contribution >= 4 is 34.5 Å². The van der Waals surface area contributed by atoms with Gasteiger partial charge in [0, 0.05) is 25.8 Å². The third kappa shape index (κ3) is 2.84. The number of aromatic nitrogens is 5. The Morgan fingerprint density at radius 3 is 2.60 bits per heavy atom. The lowest BCUT2D eigenvalue weighted by Gasteiger charge is -2.16. The Morgan fingerprint density at radius 2 is 1.95 bits per heavy atom. The van der Waals surface area contributed by atoms with Gasteiger partial charge in [-0.25, -0.2) is 4.68 Å². The van der Waals surface area contributed by atoms with Crippen molar-refractivity contribution in [1.82, 2.24) is 24.7 Å². The summed E-state index contributed by atoms with van der Waals surface area (Å²) in [5.74, 6) is 1.89. The molecule has 3 heterocycles. The minimum Gasteiger partial charge on any atom is -0.354 e. The summed E-state index contributed by atoms with van der Waals surface area (Å²) in [5, 5.41) is 7.42. The molecule has 1 aliphatic rings. The molecule has 20 heavy (non-hydrogen) atoms. The smallest absolute Gasteiger partial charge is 0.257 e. The van der Waals surface area contributed by atoms with Crippen LogP contribution in [0.3, 0.4) is 0 Å². The molecule has 8 heteroatoms. The Bertz CT molecular complexity index is 591. The van der Waals surface area contributed by atoms with Crippen LogP contribution in [0.25, 0.3) is 5.95 Å².